The van der Waals surface area contributed by atoms with Crippen molar-refractivity contribution in [2.75, 3.05) is 26.1 Å². The lowest BCUT2D eigenvalue weighted by atomic mass is 9.72. The molecule has 1 aliphatic heterocycles. The van der Waals surface area contributed by atoms with Gasteiger partial charge in [0.1, 0.15) is 11.9 Å². The van der Waals surface area contributed by atoms with E-state index >= 15 is 0 Å². The van der Waals surface area contributed by atoms with Crippen molar-refractivity contribution in [2.24, 2.45) is 29.1 Å². The van der Waals surface area contributed by atoms with Crippen LogP contribution in [0.25, 0.3) is 0 Å². The second-order valence-corrected chi connectivity index (χ2v) is 14.4. The van der Waals surface area contributed by atoms with Crippen molar-refractivity contribution in [3.8, 4) is 5.88 Å². The van der Waals surface area contributed by atoms with E-state index in [-0.39, 0.29) is 23.8 Å². The first-order valence-electron chi connectivity index (χ1n) is 16.0. The number of carbonyl (C=O) groups is 2. The molecule has 1 saturated heterocycles. The third kappa shape index (κ3) is 5.28. The first-order chi connectivity index (χ1) is 20.5. The van der Waals surface area contributed by atoms with Gasteiger partial charge in [-0.05, 0) is 66.5 Å². The van der Waals surface area contributed by atoms with E-state index in [1.165, 1.54) is 24.8 Å². The Hall–Kier alpha value is -3.20. The molecular weight excluding hydrogens is 542 g/mol. The second kappa shape index (κ2) is 11.4. The fraction of sp³-hybridized carbons (Fsp3) is 0.647. The van der Waals surface area contributed by atoms with E-state index in [1.807, 2.05) is 37.3 Å². The number of carbonyl (C=O) groups excluding carboxylic acids is 1. The highest BCUT2D eigenvalue weighted by molar-refractivity contribution is 5.89. The Morgan fingerprint density at radius 3 is 2.40 bits per heavy atom. The smallest absolute Gasteiger partial charge is 0.326 e. The highest BCUT2D eigenvalue weighted by Gasteiger charge is 2.64. The van der Waals surface area contributed by atoms with Crippen molar-refractivity contribution in [2.45, 2.75) is 89.9 Å². The fourth-order valence-electron chi connectivity index (χ4n) is 8.45. The van der Waals surface area contributed by atoms with Gasteiger partial charge in [-0.15, -0.1) is 0 Å². The zero-order valence-electron chi connectivity index (χ0n) is 26.4. The summed E-state index contributed by atoms with van der Waals surface area (Å²) < 4.78 is 5.68. The Labute approximate surface area is 255 Å². The molecule has 0 spiro atoms. The summed E-state index contributed by atoms with van der Waals surface area (Å²) in [6.07, 6.45) is 10.5. The molecule has 4 aliphatic rings. The van der Waals surface area contributed by atoms with Gasteiger partial charge in [0.15, 0.2) is 0 Å². The number of hydrogen-bond acceptors (Lipinski definition) is 7. The van der Waals surface area contributed by atoms with Crippen LogP contribution in [0.5, 0.6) is 5.88 Å². The predicted octanol–water partition coefficient (Wildman–Crippen LogP) is 5.02. The topological polar surface area (TPSA) is 108 Å². The van der Waals surface area contributed by atoms with E-state index in [1.54, 1.807) is 18.2 Å². The van der Waals surface area contributed by atoms with E-state index in [0.717, 1.165) is 36.2 Å². The third-order valence-corrected chi connectivity index (χ3v) is 10.7. The lowest BCUT2D eigenvalue weighted by Gasteiger charge is -2.35. The quantitative estimate of drug-likeness (QED) is 0.420. The van der Waals surface area contributed by atoms with Crippen LogP contribution in [0.3, 0.4) is 0 Å². The summed E-state index contributed by atoms with van der Waals surface area (Å²) in [4.78, 5) is 40.8. The van der Waals surface area contributed by atoms with Crippen LogP contribution in [0.15, 0.2) is 30.6 Å². The third-order valence-electron chi connectivity index (χ3n) is 10.7. The number of methoxy groups -OCH3 is 1. The number of carboxylic acids is 1. The van der Waals surface area contributed by atoms with Gasteiger partial charge in [0, 0.05) is 62.0 Å². The number of fused-ring (bicyclic) bond motifs is 1. The Kier molecular flexibility index (Phi) is 7.90. The highest BCUT2D eigenvalue weighted by Crippen LogP contribution is 2.60. The molecule has 2 unspecified atom stereocenters. The minimum Gasteiger partial charge on any atom is -0.481 e. The average molecular weight is 590 g/mol. The summed E-state index contributed by atoms with van der Waals surface area (Å²) in [5.74, 6) is 1.21. The van der Waals surface area contributed by atoms with Crippen LogP contribution in [-0.2, 0) is 16.1 Å². The van der Waals surface area contributed by atoms with Crippen LogP contribution in [0.4, 0.5) is 5.82 Å². The maximum Gasteiger partial charge on any atom is 0.326 e. The molecule has 3 saturated carbocycles. The number of likely N-dealkylation sites (tertiary alicyclic amines) is 1. The Bertz CT molecular complexity index is 1360. The van der Waals surface area contributed by atoms with Gasteiger partial charge in [-0.2, -0.15) is 0 Å². The number of amides is 1. The fourth-order valence-corrected chi connectivity index (χ4v) is 8.45. The van der Waals surface area contributed by atoms with Gasteiger partial charge in [-0.1, -0.05) is 39.7 Å². The summed E-state index contributed by atoms with van der Waals surface area (Å²) in [6, 6.07) is 4.29. The zero-order chi connectivity index (χ0) is 30.6. The summed E-state index contributed by atoms with van der Waals surface area (Å²) in [5, 5.41) is 14.7. The normalized spacial score (nSPS) is 30.1. The van der Waals surface area contributed by atoms with E-state index in [0.29, 0.717) is 30.2 Å². The molecule has 0 aromatic carbocycles. The van der Waals surface area contributed by atoms with Gasteiger partial charge < -0.3 is 25.0 Å². The molecule has 6 atom stereocenters. The van der Waals surface area contributed by atoms with Crippen LogP contribution in [0, 0.1) is 29.1 Å². The summed E-state index contributed by atoms with van der Waals surface area (Å²) in [6.45, 7) is 6.73. The lowest BCUT2D eigenvalue weighted by molar-refractivity contribution is -0.153. The van der Waals surface area contributed by atoms with Crippen LogP contribution in [0.1, 0.15) is 87.9 Å². The number of ether oxygens (including phenoxy) is 1. The SMILES string of the molecule is COc1ncc(C2CCC2)cc1CN[C@H]1[C@H](C(C)(C)C)[C@@H](C(=O)O)N(C(=O)C2C3CCCC32)[C@H]1c1cccnc1N(C)C. The van der Waals surface area contributed by atoms with E-state index in [4.69, 9.17) is 9.72 Å². The van der Waals surface area contributed by atoms with Crippen LogP contribution in [0.2, 0.25) is 0 Å². The molecule has 2 aromatic rings. The average Bonchev–Trinajstić information content (AvgIpc) is 3.25. The molecule has 43 heavy (non-hydrogen) atoms. The van der Waals surface area contributed by atoms with Gasteiger partial charge in [0.25, 0.3) is 0 Å². The van der Waals surface area contributed by atoms with Gasteiger partial charge >= 0.3 is 5.97 Å². The monoisotopic (exact) mass is 589 g/mol. The molecule has 0 bridgehead atoms. The maximum absolute atomic E-state index is 14.5. The molecule has 2 aromatic heterocycles. The zero-order valence-corrected chi connectivity index (χ0v) is 26.4. The molecular formula is C34H47N5O4. The molecule has 1 amide bonds. The molecule has 4 fully saturated rings. The predicted molar refractivity (Wildman–Crippen MR) is 165 cm³/mol. The van der Waals surface area contributed by atoms with Crippen LogP contribution in [-0.4, -0.2) is 65.1 Å². The van der Waals surface area contributed by atoms with E-state index < -0.39 is 23.5 Å². The number of pyridine rings is 2. The van der Waals surface area contributed by atoms with E-state index in [9.17, 15) is 14.7 Å². The Balaban J connectivity index is 1.44. The molecule has 0 radical (unpaired) electrons. The molecule has 6 rings (SSSR count). The highest BCUT2D eigenvalue weighted by atomic mass is 16.5. The minimum atomic E-state index is -0.965. The van der Waals surface area contributed by atoms with Crippen LogP contribution >= 0.6 is 0 Å². The molecule has 3 aliphatic carbocycles. The van der Waals surface area contributed by atoms with E-state index in [2.05, 4.69) is 37.1 Å². The number of nitrogens with zero attached hydrogens (tertiary/aromatic N) is 4. The summed E-state index contributed by atoms with van der Waals surface area (Å²) in [7, 11) is 5.52. The number of nitrogens with one attached hydrogen (secondary N) is 1. The van der Waals surface area contributed by atoms with Gasteiger partial charge in [-0.25, -0.2) is 14.8 Å². The first kappa shape index (κ1) is 29.9. The summed E-state index contributed by atoms with van der Waals surface area (Å²) in [5.41, 5.74) is 2.63. The molecule has 9 heteroatoms. The lowest BCUT2D eigenvalue weighted by Crippen LogP contribution is -2.48. The summed E-state index contributed by atoms with van der Waals surface area (Å²) >= 11 is 0. The molecule has 2 N–H and O–H groups in total. The Morgan fingerprint density at radius 2 is 1.81 bits per heavy atom. The Morgan fingerprint density at radius 1 is 1.12 bits per heavy atom. The van der Waals surface area contributed by atoms with Gasteiger partial charge in [0.05, 0.1) is 13.2 Å². The second-order valence-electron chi connectivity index (χ2n) is 14.4. The minimum absolute atomic E-state index is 0.00885. The number of rotatable bonds is 9. The van der Waals surface area contributed by atoms with Crippen molar-refractivity contribution in [1.82, 2.24) is 20.2 Å². The van der Waals surface area contributed by atoms with Crippen LogP contribution < -0.4 is 15.0 Å². The largest absolute Gasteiger partial charge is 0.481 e. The molecule has 232 valence electrons. The number of carboxylic acid groups (broad SMARTS) is 1. The number of aromatic nitrogens is 2. The first-order valence-corrected chi connectivity index (χ1v) is 16.0. The number of anilines is 1. The van der Waals surface area contributed by atoms with Crippen molar-refractivity contribution in [3.05, 3.63) is 47.3 Å². The maximum atomic E-state index is 14.5. The van der Waals surface area contributed by atoms with Gasteiger partial charge in [-0.3, -0.25) is 4.79 Å². The molecule has 3 heterocycles. The molecule has 9 nitrogen and oxygen atoms in total. The van der Waals surface area contributed by atoms with Crippen molar-refractivity contribution in [1.29, 1.82) is 0 Å². The van der Waals surface area contributed by atoms with Crippen molar-refractivity contribution >= 4 is 17.7 Å². The number of hydrogen-bond donors (Lipinski definition) is 2. The van der Waals surface area contributed by atoms with Crippen molar-refractivity contribution in [3.63, 3.8) is 0 Å². The van der Waals surface area contributed by atoms with Gasteiger partial charge in [0.2, 0.25) is 11.8 Å². The number of aliphatic carboxylic acids is 1. The standard InChI is InChI=1S/C34H47N5O4/c1-34(2,3)26-27(36-18-21-16-20(19-10-7-11-19)17-37-31(21)43-6)28(24-14-9-15-35-30(24)38(4)5)39(29(26)33(41)42)32(40)25-22-12-8-13-23(22)25/h9,14-17,19,22-23,25-29,36H,7-8,10-13,18H2,1-6H3,(H,41,42)/t22?,23?,25?,26-,27-,28-,29-/m0/s1. The van der Waals surface area contributed by atoms with Crippen molar-refractivity contribution < 1.29 is 19.4 Å².